The second kappa shape index (κ2) is 5.89. The number of methoxy groups -OCH3 is 1. The van der Waals surface area contributed by atoms with Crippen LogP contribution >= 0.6 is 0 Å². The zero-order valence-corrected chi connectivity index (χ0v) is 10.1. The predicted molar refractivity (Wildman–Crippen MR) is 64.1 cm³/mol. The topological polar surface area (TPSA) is 21.3 Å². The summed E-state index contributed by atoms with van der Waals surface area (Å²) in [6.07, 6.45) is 0.274. The van der Waals surface area contributed by atoms with Gasteiger partial charge in [-0.15, -0.1) is 0 Å². The Morgan fingerprint density at radius 1 is 1.20 bits per heavy atom. The van der Waals surface area contributed by atoms with E-state index in [2.05, 4.69) is 44.3 Å². The van der Waals surface area contributed by atoms with Crippen LogP contribution in [0.15, 0.2) is 18.2 Å². The second-order valence-corrected chi connectivity index (χ2v) is 4.17. The van der Waals surface area contributed by atoms with E-state index < -0.39 is 0 Å². The summed E-state index contributed by atoms with van der Waals surface area (Å²) in [5.41, 5.74) is 3.99. The zero-order valence-electron chi connectivity index (χ0n) is 10.1. The SMILES string of the molecule is COC(C)CNCc1cc(C)cc(C)c1. The average molecular weight is 207 g/mol. The molecule has 0 aliphatic carbocycles. The van der Waals surface area contributed by atoms with E-state index in [0.29, 0.717) is 0 Å². The quantitative estimate of drug-likeness (QED) is 0.800. The Hall–Kier alpha value is -0.860. The van der Waals surface area contributed by atoms with Crippen molar-refractivity contribution >= 4 is 0 Å². The lowest BCUT2D eigenvalue weighted by molar-refractivity contribution is 0.117. The molecule has 1 atom stereocenters. The molecule has 1 aromatic rings. The van der Waals surface area contributed by atoms with Crippen molar-refractivity contribution in [1.82, 2.24) is 5.32 Å². The van der Waals surface area contributed by atoms with E-state index in [1.807, 2.05) is 0 Å². The summed E-state index contributed by atoms with van der Waals surface area (Å²) < 4.78 is 5.17. The Kier molecular flexibility index (Phi) is 4.79. The van der Waals surface area contributed by atoms with Crippen molar-refractivity contribution in [1.29, 1.82) is 0 Å². The van der Waals surface area contributed by atoms with Crippen molar-refractivity contribution in [2.75, 3.05) is 13.7 Å². The molecule has 2 heteroatoms. The molecule has 0 aliphatic heterocycles. The normalized spacial score (nSPS) is 12.8. The van der Waals surface area contributed by atoms with E-state index >= 15 is 0 Å². The van der Waals surface area contributed by atoms with Gasteiger partial charge in [0.15, 0.2) is 0 Å². The second-order valence-electron chi connectivity index (χ2n) is 4.17. The first-order valence-electron chi connectivity index (χ1n) is 5.42. The van der Waals surface area contributed by atoms with Gasteiger partial charge in [-0.3, -0.25) is 0 Å². The van der Waals surface area contributed by atoms with Crippen LogP contribution in [0, 0.1) is 13.8 Å². The van der Waals surface area contributed by atoms with Crippen molar-refractivity contribution in [2.45, 2.75) is 33.4 Å². The molecular formula is C13H21NO. The van der Waals surface area contributed by atoms with E-state index in [9.17, 15) is 0 Å². The molecule has 15 heavy (non-hydrogen) atoms. The van der Waals surface area contributed by atoms with Crippen LogP contribution in [-0.4, -0.2) is 19.8 Å². The number of hydrogen-bond acceptors (Lipinski definition) is 2. The molecule has 0 aromatic heterocycles. The molecule has 1 unspecified atom stereocenters. The third kappa shape index (κ3) is 4.45. The number of aryl methyl sites for hydroxylation is 2. The fourth-order valence-electron chi connectivity index (χ4n) is 1.67. The lowest BCUT2D eigenvalue weighted by Crippen LogP contribution is -2.25. The highest BCUT2D eigenvalue weighted by molar-refractivity contribution is 5.28. The van der Waals surface area contributed by atoms with E-state index in [1.54, 1.807) is 7.11 Å². The minimum Gasteiger partial charge on any atom is -0.380 e. The van der Waals surface area contributed by atoms with Crippen molar-refractivity contribution in [3.63, 3.8) is 0 Å². The van der Waals surface area contributed by atoms with Crippen molar-refractivity contribution in [3.8, 4) is 0 Å². The third-order valence-electron chi connectivity index (χ3n) is 2.44. The van der Waals surface area contributed by atoms with Crippen LogP contribution in [0.4, 0.5) is 0 Å². The Labute approximate surface area is 92.6 Å². The minimum atomic E-state index is 0.274. The third-order valence-corrected chi connectivity index (χ3v) is 2.44. The maximum atomic E-state index is 5.17. The fourth-order valence-corrected chi connectivity index (χ4v) is 1.67. The molecule has 84 valence electrons. The Morgan fingerprint density at radius 2 is 1.80 bits per heavy atom. The monoisotopic (exact) mass is 207 g/mol. The summed E-state index contributed by atoms with van der Waals surface area (Å²) in [5, 5.41) is 3.38. The Balaban J connectivity index is 2.43. The van der Waals surface area contributed by atoms with E-state index in [-0.39, 0.29) is 6.10 Å². The summed E-state index contributed by atoms with van der Waals surface area (Å²) in [7, 11) is 1.74. The molecule has 0 heterocycles. The average Bonchev–Trinajstić information content (AvgIpc) is 2.16. The molecule has 0 spiro atoms. The van der Waals surface area contributed by atoms with Gasteiger partial charge in [0.05, 0.1) is 6.10 Å². The van der Waals surface area contributed by atoms with Crippen LogP contribution in [0.25, 0.3) is 0 Å². The van der Waals surface area contributed by atoms with Crippen molar-refractivity contribution in [2.24, 2.45) is 0 Å². The first-order valence-corrected chi connectivity index (χ1v) is 5.42. The molecule has 0 saturated heterocycles. The molecule has 0 aliphatic rings. The molecule has 0 radical (unpaired) electrons. The van der Waals surface area contributed by atoms with Crippen LogP contribution in [0.5, 0.6) is 0 Å². The predicted octanol–water partition coefficient (Wildman–Crippen LogP) is 2.43. The molecule has 0 saturated carbocycles. The molecule has 0 fully saturated rings. The first kappa shape index (κ1) is 12.2. The van der Waals surface area contributed by atoms with Gasteiger partial charge >= 0.3 is 0 Å². The molecule has 0 bridgehead atoms. The summed E-state index contributed by atoms with van der Waals surface area (Å²) >= 11 is 0. The van der Waals surface area contributed by atoms with Gasteiger partial charge < -0.3 is 10.1 Å². The minimum absolute atomic E-state index is 0.274. The number of hydrogen-bond donors (Lipinski definition) is 1. The number of rotatable bonds is 5. The summed E-state index contributed by atoms with van der Waals surface area (Å²) in [6, 6.07) is 6.64. The highest BCUT2D eigenvalue weighted by Crippen LogP contribution is 2.08. The van der Waals surface area contributed by atoms with Gasteiger partial charge in [-0.1, -0.05) is 29.3 Å². The van der Waals surface area contributed by atoms with Gasteiger partial charge in [0, 0.05) is 20.2 Å². The molecular weight excluding hydrogens is 186 g/mol. The first-order chi connectivity index (χ1) is 7.11. The standard InChI is InChI=1S/C13H21NO/c1-10-5-11(2)7-13(6-10)9-14-8-12(3)15-4/h5-7,12,14H,8-9H2,1-4H3. The number of ether oxygens (including phenoxy) is 1. The maximum Gasteiger partial charge on any atom is 0.0667 e. The zero-order chi connectivity index (χ0) is 11.3. The van der Waals surface area contributed by atoms with Gasteiger partial charge in [-0.05, 0) is 26.3 Å². The van der Waals surface area contributed by atoms with Crippen LogP contribution in [0.2, 0.25) is 0 Å². The highest BCUT2D eigenvalue weighted by atomic mass is 16.5. The maximum absolute atomic E-state index is 5.17. The Bertz CT molecular complexity index is 289. The van der Waals surface area contributed by atoms with Gasteiger partial charge in [-0.25, -0.2) is 0 Å². The summed E-state index contributed by atoms with van der Waals surface area (Å²) in [5.74, 6) is 0. The molecule has 0 amide bonds. The van der Waals surface area contributed by atoms with Gasteiger partial charge in [-0.2, -0.15) is 0 Å². The van der Waals surface area contributed by atoms with Crippen molar-refractivity contribution in [3.05, 3.63) is 34.9 Å². The van der Waals surface area contributed by atoms with Gasteiger partial charge in [0.1, 0.15) is 0 Å². The van der Waals surface area contributed by atoms with Crippen LogP contribution in [0.3, 0.4) is 0 Å². The molecule has 1 N–H and O–H groups in total. The smallest absolute Gasteiger partial charge is 0.0667 e. The van der Waals surface area contributed by atoms with Crippen LogP contribution in [-0.2, 0) is 11.3 Å². The number of nitrogens with one attached hydrogen (secondary N) is 1. The van der Waals surface area contributed by atoms with E-state index in [4.69, 9.17) is 4.74 Å². The highest BCUT2D eigenvalue weighted by Gasteiger charge is 1.99. The lowest BCUT2D eigenvalue weighted by Gasteiger charge is -2.11. The van der Waals surface area contributed by atoms with Crippen molar-refractivity contribution < 1.29 is 4.74 Å². The Morgan fingerprint density at radius 3 is 2.33 bits per heavy atom. The lowest BCUT2D eigenvalue weighted by atomic mass is 10.1. The van der Waals surface area contributed by atoms with E-state index in [1.165, 1.54) is 16.7 Å². The van der Waals surface area contributed by atoms with Gasteiger partial charge in [0.2, 0.25) is 0 Å². The van der Waals surface area contributed by atoms with Gasteiger partial charge in [0.25, 0.3) is 0 Å². The fraction of sp³-hybridized carbons (Fsp3) is 0.538. The number of benzene rings is 1. The van der Waals surface area contributed by atoms with Crippen LogP contribution < -0.4 is 5.32 Å². The van der Waals surface area contributed by atoms with E-state index in [0.717, 1.165) is 13.1 Å². The molecule has 1 aromatic carbocycles. The summed E-state index contributed by atoms with van der Waals surface area (Å²) in [6.45, 7) is 8.14. The molecule has 1 rings (SSSR count). The largest absolute Gasteiger partial charge is 0.380 e. The molecule has 2 nitrogen and oxygen atoms in total. The van der Waals surface area contributed by atoms with Crippen LogP contribution in [0.1, 0.15) is 23.6 Å². The summed E-state index contributed by atoms with van der Waals surface area (Å²) in [4.78, 5) is 0.